The second-order valence-electron chi connectivity index (χ2n) is 7.70. The molecule has 0 spiro atoms. The van der Waals surface area contributed by atoms with Crippen LogP contribution < -0.4 is 4.90 Å². The normalized spacial score (nSPS) is 15.8. The topological polar surface area (TPSA) is 63.2 Å². The molecule has 0 bridgehead atoms. The van der Waals surface area contributed by atoms with Crippen molar-refractivity contribution in [1.82, 2.24) is 25.1 Å². The number of aromatic nitrogens is 4. The van der Waals surface area contributed by atoms with Crippen LogP contribution in [-0.2, 0) is 6.54 Å². The smallest absolute Gasteiger partial charge is 0.173 e. The minimum Gasteiger partial charge on any atom is -0.467 e. The SMILES string of the molecule is Fc1ccc(N2CCN(C(c3ccccc3F)c3nnnn3Cc3ccco3)CC2)cc1. The van der Waals surface area contributed by atoms with E-state index in [0.29, 0.717) is 36.8 Å². The standard InChI is InChI=1S/C23H22F2N6O/c24-17-7-9-18(10-8-17)29-11-13-30(14-12-29)22(20-5-1-2-6-21(20)25)23-26-27-28-31(23)16-19-4-3-15-32-19/h1-10,15,22H,11-14,16H2. The number of piperazine rings is 1. The molecule has 4 aromatic rings. The number of anilines is 1. The molecule has 0 radical (unpaired) electrons. The first-order chi connectivity index (χ1) is 15.7. The van der Waals surface area contributed by atoms with Gasteiger partial charge < -0.3 is 9.32 Å². The van der Waals surface area contributed by atoms with Crippen LogP contribution >= 0.6 is 0 Å². The van der Waals surface area contributed by atoms with Crippen LogP contribution in [0.2, 0.25) is 0 Å². The predicted molar refractivity (Wildman–Crippen MR) is 114 cm³/mol. The number of halogens is 2. The van der Waals surface area contributed by atoms with Gasteiger partial charge in [-0.3, -0.25) is 4.90 Å². The van der Waals surface area contributed by atoms with Gasteiger partial charge in [-0.05, 0) is 52.9 Å². The third kappa shape index (κ3) is 4.11. The second-order valence-corrected chi connectivity index (χ2v) is 7.70. The summed E-state index contributed by atoms with van der Waals surface area (Å²) in [5.41, 5.74) is 1.49. The molecule has 0 aliphatic carbocycles. The second kappa shape index (κ2) is 8.88. The maximum atomic E-state index is 14.9. The number of nitrogens with zero attached hydrogens (tertiary/aromatic N) is 6. The molecule has 3 heterocycles. The molecule has 0 N–H and O–H groups in total. The summed E-state index contributed by atoms with van der Waals surface area (Å²) in [6, 6.07) is 16.4. The highest BCUT2D eigenvalue weighted by atomic mass is 19.1. The Bertz CT molecular complexity index is 1150. The van der Waals surface area contributed by atoms with Crippen LogP contribution in [0.1, 0.15) is 23.2 Å². The Morgan fingerprint density at radius 1 is 0.906 bits per heavy atom. The van der Waals surface area contributed by atoms with E-state index < -0.39 is 6.04 Å². The van der Waals surface area contributed by atoms with Crippen LogP contribution in [-0.4, -0.2) is 51.3 Å². The van der Waals surface area contributed by atoms with Gasteiger partial charge in [-0.15, -0.1) is 5.10 Å². The van der Waals surface area contributed by atoms with Crippen molar-refractivity contribution >= 4 is 5.69 Å². The van der Waals surface area contributed by atoms with Gasteiger partial charge in [-0.25, -0.2) is 13.5 Å². The first kappa shape index (κ1) is 20.3. The fourth-order valence-corrected chi connectivity index (χ4v) is 4.16. The Morgan fingerprint density at radius 3 is 2.41 bits per heavy atom. The van der Waals surface area contributed by atoms with Crippen LogP contribution in [0, 0.1) is 11.6 Å². The molecular weight excluding hydrogens is 414 g/mol. The Hall–Kier alpha value is -3.59. The average Bonchev–Trinajstić information content (AvgIpc) is 3.49. The van der Waals surface area contributed by atoms with Crippen LogP contribution in [0.5, 0.6) is 0 Å². The van der Waals surface area contributed by atoms with Crippen molar-refractivity contribution in [3.8, 4) is 0 Å². The summed E-state index contributed by atoms with van der Waals surface area (Å²) in [6.07, 6.45) is 1.60. The van der Waals surface area contributed by atoms with Crippen molar-refractivity contribution < 1.29 is 13.2 Å². The lowest BCUT2D eigenvalue weighted by molar-refractivity contribution is 0.197. The van der Waals surface area contributed by atoms with E-state index in [4.69, 9.17) is 4.42 Å². The van der Waals surface area contributed by atoms with Crippen molar-refractivity contribution in [2.75, 3.05) is 31.1 Å². The van der Waals surface area contributed by atoms with E-state index in [1.165, 1.54) is 18.2 Å². The average molecular weight is 436 g/mol. The van der Waals surface area contributed by atoms with E-state index >= 15 is 0 Å². The van der Waals surface area contributed by atoms with Crippen LogP contribution in [0.3, 0.4) is 0 Å². The lowest BCUT2D eigenvalue weighted by atomic mass is 10.0. The molecule has 2 aromatic carbocycles. The third-order valence-electron chi connectivity index (χ3n) is 5.76. The molecule has 1 saturated heterocycles. The van der Waals surface area contributed by atoms with E-state index in [2.05, 4.69) is 25.3 Å². The monoisotopic (exact) mass is 436 g/mol. The summed E-state index contributed by atoms with van der Waals surface area (Å²) in [6.45, 7) is 3.14. The fraction of sp³-hybridized carbons (Fsp3) is 0.261. The predicted octanol–water partition coefficient (Wildman–Crippen LogP) is 3.50. The van der Waals surface area contributed by atoms with Gasteiger partial charge in [0.2, 0.25) is 0 Å². The van der Waals surface area contributed by atoms with Gasteiger partial charge in [0.15, 0.2) is 5.82 Å². The quantitative estimate of drug-likeness (QED) is 0.461. The van der Waals surface area contributed by atoms with Gasteiger partial charge in [0.1, 0.15) is 30.0 Å². The number of benzene rings is 2. The molecule has 1 atom stereocenters. The van der Waals surface area contributed by atoms with Gasteiger partial charge >= 0.3 is 0 Å². The van der Waals surface area contributed by atoms with Gasteiger partial charge in [-0.1, -0.05) is 18.2 Å². The first-order valence-electron chi connectivity index (χ1n) is 10.5. The van der Waals surface area contributed by atoms with E-state index in [-0.39, 0.29) is 11.6 Å². The van der Waals surface area contributed by atoms with E-state index in [1.54, 1.807) is 35.2 Å². The van der Waals surface area contributed by atoms with Crippen molar-refractivity contribution in [2.45, 2.75) is 12.6 Å². The zero-order valence-corrected chi connectivity index (χ0v) is 17.3. The number of hydrogen-bond donors (Lipinski definition) is 0. The Labute approximate surface area is 183 Å². The highest BCUT2D eigenvalue weighted by Gasteiger charge is 2.32. The molecule has 0 saturated carbocycles. The lowest BCUT2D eigenvalue weighted by Gasteiger charge is -2.39. The summed E-state index contributed by atoms with van der Waals surface area (Å²) in [5.74, 6) is 0.718. The molecule has 7 nitrogen and oxygen atoms in total. The molecular formula is C23H22F2N6O. The summed E-state index contributed by atoms with van der Waals surface area (Å²) < 4.78 is 35.3. The van der Waals surface area contributed by atoms with Crippen LogP contribution in [0.4, 0.5) is 14.5 Å². The molecule has 0 amide bonds. The zero-order valence-electron chi connectivity index (χ0n) is 17.3. The van der Waals surface area contributed by atoms with Crippen molar-refractivity contribution in [3.05, 3.63) is 95.7 Å². The maximum Gasteiger partial charge on any atom is 0.173 e. The summed E-state index contributed by atoms with van der Waals surface area (Å²) in [7, 11) is 0. The lowest BCUT2D eigenvalue weighted by Crippen LogP contribution is -2.48. The zero-order chi connectivity index (χ0) is 21.9. The highest BCUT2D eigenvalue weighted by Crippen LogP contribution is 2.31. The Kier molecular flexibility index (Phi) is 5.64. The van der Waals surface area contributed by atoms with Gasteiger partial charge in [-0.2, -0.15) is 0 Å². The Balaban J connectivity index is 1.43. The van der Waals surface area contributed by atoms with Crippen LogP contribution in [0.15, 0.2) is 71.3 Å². The number of furan rings is 1. The number of rotatable bonds is 6. The summed E-state index contributed by atoms with van der Waals surface area (Å²) in [5, 5.41) is 12.3. The molecule has 2 aromatic heterocycles. The minimum absolute atomic E-state index is 0.254. The van der Waals surface area contributed by atoms with Gasteiger partial charge in [0, 0.05) is 37.4 Å². The molecule has 1 aliphatic heterocycles. The minimum atomic E-state index is -0.448. The van der Waals surface area contributed by atoms with Gasteiger partial charge in [0.05, 0.1) is 6.26 Å². The first-order valence-corrected chi connectivity index (χ1v) is 10.5. The molecule has 1 fully saturated rings. The van der Waals surface area contributed by atoms with Crippen molar-refractivity contribution in [1.29, 1.82) is 0 Å². The molecule has 5 rings (SSSR count). The highest BCUT2D eigenvalue weighted by molar-refractivity contribution is 5.46. The molecule has 1 unspecified atom stereocenters. The summed E-state index contributed by atoms with van der Waals surface area (Å²) in [4.78, 5) is 4.38. The molecule has 32 heavy (non-hydrogen) atoms. The van der Waals surface area contributed by atoms with E-state index in [0.717, 1.165) is 18.8 Å². The summed E-state index contributed by atoms with van der Waals surface area (Å²) >= 11 is 0. The third-order valence-corrected chi connectivity index (χ3v) is 5.76. The van der Waals surface area contributed by atoms with Crippen molar-refractivity contribution in [3.63, 3.8) is 0 Å². The Morgan fingerprint density at radius 2 is 1.69 bits per heavy atom. The molecule has 1 aliphatic rings. The number of hydrogen-bond acceptors (Lipinski definition) is 6. The molecule has 164 valence electrons. The van der Waals surface area contributed by atoms with E-state index in [1.807, 2.05) is 18.2 Å². The van der Waals surface area contributed by atoms with E-state index in [9.17, 15) is 8.78 Å². The van der Waals surface area contributed by atoms with Crippen molar-refractivity contribution in [2.24, 2.45) is 0 Å². The van der Waals surface area contributed by atoms with Crippen LogP contribution in [0.25, 0.3) is 0 Å². The maximum absolute atomic E-state index is 14.9. The fourth-order valence-electron chi connectivity index (χ4n) is 4.16. The number of tetrazole rings is 1. The van der Waals surface area contributed by atoms with Gasteiger partial charge in [0.25, 0.3) is 0 Å². The largest absolute Gasteiger partial charge is 0.467 e. The molecule has 9 heteroatoms.